The number of likely N-dealkylation sites (N-methyl/N-ethyl adjacent to an activating group) is 1. The third-order valence-corrected chi connectivity index (χ3v) is 2.61. The summed E-state index contributed by atoms with van der Waals surface area (Å²) in [5, 5.41) is 3.72. The van der Waals surface area contributed by atoms with Gasteiger partial charge in [-0.15, -0.1) is 0 Å². The van der Waals surface area contributed by atoms with Gasteiger partial charge in [-0.2, -0.15) is 0 Å². The lowest BCUT2D eigenvalue weighted by Crippen LogP contribution is -2.37. The van der Waals surface area contributed by atoms with Crippen molar-refractivity contribution in [3.8, 4) is 0 Å². The quantitative estimate of drug-likeness (QED) is 0.798. The predicted octanol–water partition coefficient (Wildman–Crippen LogP) is 1.02. The molecule has 94 valence electrons. The van der Waals surface area contributed by atoms with Crippen LogP contribution in [0.2, 0.25) is 5.02 Å². The number of hydrogen-bond donors (Lipinski definition) is 2. The van der Waals surface area contributed by atoms with E-state index in [2.05, 4.69) is 5.32 Å². The Morgan fingerprint density at radius 3 is 2.76 bits per heavy atom. The monoisotopic (exact) mass is 255 g/mol. The molecule has 17 heavy (non-hydrogen) atoms. The fraction of sp³-hybridized carbons (Fsp3) is 0.417. The number of rotatable bonds is 6. The van der Waals surface area contributed by atoms with Crippen LogP contribution in [0, 0.1) is 0 Å². The van der Waals surface area contributed by atoms with E-state index >= 15 is 0 Å². The first-order chi connectivity index (χ1) is 8.00. The molecule has 0 aromatic heterocycles. The Balaban J connectivity index is 2.69. The highest BCUT2D eigenvalue weighted by atomic mass is 35.5. The summed E-state index contributed by atoms with van der Waals surface area (Å²) < 4.78 is 0. The van der Waals surface area contributed by atoms with E-state index in [9.17, 15) is 4.79 Å². The molecule has 1 amide bonds. The van der Waals surface area contributed by atoms with Crippen LogP contribution in [-0.4, -0.2) is 38.0 Å². The molecule has 1 atom stereocenters. The lowest BCUT2D eigenvalue weighted by molar-refractivity contribution is -0.120. The van der Waals surface area contributed by atoms with Gasteiger partial charge in [-0.3, -0.25) is 4.79 Å². The van der Waals surface area contributed by atoms with Crippen molar-refractivity contribution >= 4 is 17.5 Å². The zero-order valence-electron chi connectivity index (χ0n) is 10.1. The fourth-order valence-corrected chi connectivity index (χ4v) is 1.70. The van der Waals surface area contributed by atoms with Crippen molar-refractivity contribution in [2.24, 2.45) is 5.73 Å². The van der Waals surface area contributed by atoms with Crippen molar-refractivity contribution in [1.82, 2.24) is 10.2 Å². The van der Waals surface area contributed by atoms with Gasteiger partial charge in [0.2, 0.25) is 5.91 Å². The first kappa shape index (κ1) is 14.0. The van der Waals surface area contributed by atoms with E-state index in [0.717, 1.165) is 12.1 Å². The van der Waals surface area contributed by atoms with Gasteiger partial charge in [0.05, 0.1) is 0 Å². The number of benzene rings is 1. The lowest BCUT2D eigenvalue weighted by atomic mass is 10.1. The van der Waals surface area contributed by atoms with Gasteiger partial charge in [-0.25, -0.2) is 0 Å². The molecule has 1 rings (SSSR count). The fourth-order valence-electron chi connectivity index (χ4n) is 1.50. The third-order valence-electron chi connectivity index (χ3n) is 2.37. The molecule has 0 saturated heterocycles. The number of carbonyl (C=O) groups is 1. The Morgan fingerprint density at radius 2 is 2.24 bits per heavy atom. The second-order valence-corrected chi connectivity index (χ2v) is 4.58. The molecule has 5 heteroatoms. The summed E-state index contributed by atoms with van der Waals surface area (Å²) in [7, 11) is 3.95. The molecule has 0 aliphatic heterocycles. The van der Waals surface area contributed by atoms with Gasteiger partial charge in [-0.05, 0) is 31.8 Å². The zero-order valence-corrected chi connectivity index (χ0v) is 10.9. The van der Waals surface area contributed by atoms with Crippen molar-refractivity contribution in [1.29, 1.82) is 0 Å². The predicted molar refractivity (Wildman–Crippen MR) is 69.9 cm³/mol. The molecule has 0 spiro atoms. The van der Waals surface area contributed by atoms with Crippen LogP contribution in [-0.2, 0) is 4.79 Å². The third kappa shape index (κ3) is 4.73. The van der Waals surface area contributed by atoms with E-state index in [1.165, 1.54) is 0 Å². The van der Waals surface area contributed by atoms with Crippen LogP contribution in [0.5, 0.6) is 0 Å². The molecule has 0 saturated carbocycles. The SMILES string of the molecule is CN(C)CCNC(C(N)=O)c1cccc(Cl)c1. The van der Waals surface area contributed by atoms with Crippen LogP contribution in [0.3, 0.4) is 0 Å². The summed E-state index contributed by atoms with van der Waals surface area (Å²) in [4.78, 5) is 13.4. The van der Waals surface area contributed by atoms with Crippen LogP contribution in [0.4, 0.5) is 0 Å². The molecule has 0 fully saturated rings. The number of hydrogen-bond acceptors (Lipinski definition) is 3. The highest BCUT2D eigenvalue weighted by molar-refractivity contribution is 6.30. The molecule has 0 radical (unpaired) electrons. The maximum atomic E-state index is 11.4. The molecule has 0 heterocycles. The summed E-state index contributed by atoms with van der Waals surface area (Å²) in [5.41, 5.74) is 6.17. The molecule has 0 bridgehead atoms. The highest BCUT2D eigenvalue weighted by Crippen LogP contribution is 2.17. The van der Waals surface area contributed by atoms with E-state index in [-0.39, 0.29) is 0 Å². The Labute approximate surface area is 107 Å². The summed E-state index contributed by atoms with van der Waals surface area (Å²) in [6.07, 6.45) is 0. The first-order valence-electron chi connectivity index (χ1n) is 5.43. The van der Waals surface area contributed by atoms with E-state index in [1.807, 2.05) is 25.1 Å². The second-order valence-electron chi connectivity index (χ2n) is 4.15. The van der Waals surface area contributed by atoms with Gasteiger partial charge >= 0.3 is 0 Å². The van der Waals surface area contributed by atoms with E-state index in [1.54, 1.807) is 18.2 Å². The zero-order chi connectivity index (χ0) is 12.8. The molecule has 0 aliphatic rings. The maximum Gasteiger partial charge on any atom is 0.239 e. The number of halogens is 1. The topological polar surface area (TPSA) is 58.4 Å². The van der Waals surface area contributed by atoms with Crippen molar-refractivity contribution < 1.29 is 4.79 Å². The molecule has 0 aliphatic carbocycles. The smallest absolute Gasteiger partial charge is 0.239 e. The van der Waals surface area contributed by atoms with Gasteiger partial charge in [0.1, 0.15) is 6.04 Å². The van der Waals surface area contributed by atoms with Crippen LogP contribution in [0.15, 0.2) is 24.3 Å². The maximum absolute atomic E-state index is 11.4. The van der Waals surface area contributed by atoms with E-state index in [4.69, 9.17) is 17.3 Å². The van der Waals surface area contributed by atoms with Gasteiger partial charge in [-0.1, -0.05) is 23.7 Å². The highest BCUT2D eigenvalue weighted by Gasteiger charge is 2.16. The molecule has 3 N–H and O–H groups in total. The normalized spacial score (nSPS) is 12.7. The van der Waals surface area contributed by atoms with Crippen molar-refractivity contribution in [2.45, 2.75) is 6.04 Å². The summed E-state index contributed by atoms with van der Waals surface area (Å²) in [6.45, 7) is 1.53. The van der Waals surface area contributed by atoms with Crippen LogP contribution < -0.4 is 11.1 Å². The summed E-state index contributed by atoms with van der Waals surface area (Å²) in [5.74, 6) is -0.397. The number of carbonyl (C=O) groups excluding carboxylic acids is 1. The van der Waals surface area contributed by atoms with E-state index < -0.39 is 11.9 Å². The van der Waals surface area contributed by atoms with Crippen molar-refractivity contribution in [3.63, 3.8) is 0 Å². The van der Waals surface area contributed by atoms with Gasteiger partial charge in [0.25, 0.3) is 0 Å². The average molecular weight is 256 g/mol. The minimum Gasteiger partial charge on any atom is -0.368 e. The molecule has 1 aromatic carbocycles. The standard InChI is InChI=1S/C12H18ClN3O/c1-16(2)7-6-15-11(12(14)17)9-4-3-5-10(13)8-9/h3-5,8,11,15H,6-7H2,1-2H3,(H2,14,17). The van der Waals surface area contributed by atoms with Crippen molar-refractivity contribution in [3.05, 3.63) is 34.9 Å². The van der Waals surface area contributed by atoms with Crippen LogP contribution in [0.25, 0.3) is 0 Å². The number of primary amides is 1. The minimum atomic E-state index is -0.492. The number of amides is 1. The summed E-state index contributed by atoms with van der Waals surface area (Å²) in [6, 6.07) is 6.67. The van der Waals surface area contributed by atoms with Crippen LogP contribution >= 0.6 is 11.6 Å². The van der Waals surface area contributed by atoms with Crippen LogP contribution in [0.1, 0.15) is 11.6 Å². The van der Waals surface area contributed by atoms with Gasteiger partial charge in [0.15, 0.2) is 0 Å². The summed E-state index contributed by atoms with van der Waals surface area (Å²) >= 11 is 5.89. The Hall–Kier alpha value is -1.10. The Morgan fingerprint density at radius 1 is 1.53 bits per heavy atom. The average Bonchev–Trinajstić information content (AvgIpc) is 2.23. The molecule has 1 unspecified atom stereocenters. The molecular formula is C12H18ClN3O. The first-order valence-corrected chi connectivity index (χ1v) is 5.81. The number of nitrogens with zero attached hydrogens (tertiary/aromatic N) is 1. The minimum absolute atomic E-state index is 0.397. The molecule has 1 aromatic rings. The second kappa shape index (κ2) is 6.59. The lowest BCUT2D eigenvalue weighted by Gasteiger charge is -2.17. The number of nitrogens with two attached hydrogens (primary N) is 1. The molecular weight excluding hydrogens is 238 g/mol. The Kier molecular flexibility index (Phi) is 5.41. The van der Waals surface area contributed by atoms with Gasteiger partial charge in [0, 0.05) is 18.1 Å². The van der Waals surface area contributed by atoms with Gasteiger partial charge < -0.3 is 16.0 Å². The van der Waals surface area contributed by atoms with Crippen molar-refractivity contribution in [2.75, 3.05) is 27.2 Å². The number of nitrogens with one attached hydrogen (secondary N) is 1. The molecule has 4 nitrogen and oxygen atoms in total. The largest absolute Gasteiger partial charge is 0.368 e. The Bertz CT molecular complexity index is 382. The van der Waals surface area contributed by atoms with E-state index in [0.29, 0.717) is 11.6 Å².